The molecule has 0 bridgehead atoms. The number of rotatable bonds is 9. The van der Waals surface area contributed by atoms with Crippen LogP contribution in [0.4, 0.5) is 5.69 Å². The van der Waals surface area contributed by atoms with E-state index in [1.54, 1.807) is 12.1 Å². The summed E-state index contributed by atoms with van der Waals surface area (Å²) in [6, 6.07) is 7.15. The summed E-state index contributed by atoms with van der Waals surface area (Å²) in [5.41, 5.74) is 1.48. The molecule has 0 spiro atoms. The number of amides is 1. The van der Waals surface area contributed by atoms with Crippen LogP contribution in [0, 0.1) is 0 Å². The van der Waals surface area contributed by atoms with E-state index in [1.165, 1.54) is 0 Å². The molecule has 146 valence electrons. The van der Waals surface area contributed by atoms with Crippen LogP contribution in [0.1, 0.15) is 42.5 Å². The van der Waals surface area contributed by atoms with Crippen molar-refractivity contribution in [2.45, 2.75) is 32.1 Å². The summed E-state index contributed by atoms with van der Waals surface area (Å²) in [7, 11) is 0. The molecule has 1 aliphatic rings. The number of Topliss-reactive ketones (excluding diaryl/α,β-unsaturated/α-hetero) is 1. The Morgan fingerprint density at radius 3 is 2.37 bits per heavy atom. The lowest BCUT2D eigenvalue weighted by molar-refractivity contribution is -0.143. The molecule has 1 saturated heterocycles. The van der Waals surface area contributed by atoms with E-state index in [0.29, 0.717) is 31.5 Å². The zero-order valence-corrected chi connectivity index (χ0v) is 15.1. The molecule has 0 radical (unpaired) electrons. The number of piperidine rings is 1. The van der Waals surface area contributed by atoms with Gasteiger partial charge >= 0.3 is 11.9 Å². The van der Waals surface area contributed by atoms with Crippen molar-refractivity contribution in [3.8, 4) is 0 Å². The fraction of sp³-hybridized carbons (Fsp3) is 0.474. The molecule has 0 unspecified atom stereocenters. The minimum absolute atomic E-state index is 0.0392. The molecule has 2 rings (SSSR count). The lowest BCUT2D eigenvalue weighted by Gasteiger charge is -2.28. The van der Waals surface area contributed by atoms with Crippen molar-refractivity contribution in [1.29, 1.82) is 0 Å². The molecular formula is C19H24N2O6. The first-order chi connectivity index (χ1) is 13.0. The number of benzene rings is 1. The fourth-order valence-electron chi connectivity index (χ4n) is 2.73. The first-order valence-electron chi connectivity index (χ1n) is 8.98. The highest BCUT2D eigenvalue weighted by Gasteiger charge is 2.16. The van der Waals surface area contributed by atoms with Gasteiger partial charge in [-0.25, -0.2) is 0 Å². The number of hydrogen-bond donors (Lipinski definition) is 2. The van der Waals surface area contributed by atoms with Crippen LogP contribution < -0.4 is 10.2 Å². The van der Waals surface area contributed by atoms with Gasteiger partial charge in [-0.1, -0.05) is 0 Å². The first kappa shape index (κ1) is 20.4. The zero-order chi connectivity index (χ0) is 19.6. The Balaban J connectivity index is 1.67. The van der Waals surface area contributed by atoms with Crippen molar-refractivity contribution in [3.05, 3.63) is 29.8 Å². The Kier molecular flexibility index (Phi) is 7.79. The van der Waals surface area contributed by atoms with Gasteiger partial charge in [0.25, 0.3) is 5.91 Å². The Hall–Kier alpha value is -2.90. The molecule has 8 nitrogen and oxygen atoms in total. The molecule has 1 heterocycles. The first-order valence-corrected chi connectivity index (χ1v) is 8.98. The monoisotopic (exact) mass is 376 g/mol. The van der Waals surface area contributed by atoms with Crippen LogP contribution in [-0.2, 0) is 19.1 Å². The van der Waals surface area contributed by atoms with E-state index in [4.69, 9.17) is 9.84 Å². The molecular weight excluding hydrogens is 352 g/mol. The smallest absolute Gasteiger partial charge is 0.305 e. The molecule has 0 aromatic heterocycles. The number of esters is 1. The SMILES string of the molecule is O=C(O)CCCC(=O)OCCNC(=O)c1ccc(N2CCC(=O)CC2)cc1. The van der Waals surface area contributed by atoms with E-state index in [2.05, 4.69) is 10.2 Å². The Labute approximate surface area is 157 Å². The average Bonchev–Trinajstić information content (AvgIpc) is 2.65. The maximum absolute atomic E-state index is 12.1. The van der Waals surface area contributed by atoms with Gasteiger partial charge in [0.1, 0.15) is 12.4 Å². The summed E-state index contributed by atoms with van der Waals surface area (Å²) >= 11 is 0. The van der Waals surface area contributed by atoms with Gasteiger partial charge in [0.15, 0.2) is 0 Å². The van der Waals surface area contributed by atoms with Crippen molar-refractivity contribution < 1.29 is 29.0 Å². The highest BCUT2D eigenvalue weighted by atomic mass is 16.5. The van der Waals surface area contributed by atoms with Crippen LogP contribution >= 0.6 is 0 Å². The normalized spacial score (nSPS) is 13.9. The summed E-state index contributed by atoms with van der Waals surface area (Å²) in [5.74, 6) is -1.41. The van der Waals surface area contributed by atoms with Crippen LogP contribution in [0.15, 0.2) is 24.3 Å². The maximum Gasteiger partial charge on any atom is 0.305 e. The van der Waals surface area contributed by atoms with Gasteiger partial charge in [-0.3, -0.25) is 19.2 Å². The lowest BCUT2D eigenvalue weighted by atomic mass is 10.1. The number of nitrogens with zero attached hydrogens (tertiary/aromatic N) is 1. The Morgan fingerprint density at radius 2 is 1.74 bits per heavy atom. The average molecular weight is 376 g/mol. The summed E-state index contributed by atoms with van der Waals surface area (Å²) in [5, 5.41) is 11.2. The van der Waals surface area contributed by atoms with Crippen LogP contribution in [0.25, 0.3) is 0 Å². The number of ketones is 1. The number of nitrogens with one attached hydrogen (secondary N) is 1. The number of hydrogen-bond acceptors (Lipinski definition) is 6. The lowest BCUT2D eigenvalue weighted by Crippen LogP contribution is -2.33. The van der Waals surface area contributed by atoms with Crippen molar-refractivity contribution >= 4 is 29.3 Å². The van der Waals surface area contributed by atoms with E-state index in [-0.39, 0.29) is 44.1 Å². The van der Waals surface area contributed by atoms with Crippen molar-refractivity contribution in [2.75, 3.05) is 31.1 Å². The van der Waals surface area contributed by atoms with E-state index in [9.17, 15) is 19.2 Å². The van der Waals surface area contributed by atoms with Crippen molar-refractivity contribution in [1.82, 2.24) is 5.32 Å². The molecule has 0 atom stereocenters. The maximum atomic E-state index is 12.1. The fourth-order valence-corrected chi connectivity index (χ4v) is 2.73. The highest BCUT2D eigenvalue weighted by Crippen LogP contribution is 2.19. The third-order valence-corrected chi connectivity index (χ3v) is 4.24. The number of carbonyl (C=O) groups is 4. The van der Waals surface area contributed by atoms with Crippen LogP contribution in [0.2, 0.25) is 0 Å². The van der Waals surface area contributed by atoms with Crippen LogP contribution in [0.3, 0.4) is 0 Å². The van der Waals surface area contributed by atoms with Crippen LogP contribution in [0.5, 0.6) is 0 Å². The van der Waals surface area contributed by atoms with Gasteiger partial charge in [-0.2, -0.15) is 0 Å². The molecule has 1 fully saturated rings. The Bertz CT molecular complexity index is 676. The third kappa shape index (κ3) is 7.08. The second-order valence-corrected chi connectivity index (χ2v) is 6.30. The summed E-state index contributed by atoms with van der Waals surface area (Å²) in [4.78, 5) is 47.3. The summed E-state index contributed by atoms with van der Waals surface area (Å²) < 4.78 is 4.94. The van der Waals surface area contributed by atoms with Crippen LogP contribution in [-0.4, -0.2) is 55.0 Å². The standard InChI is InChI=1S/C19H24N2O6/c22-16-8-11-21(12-9-16)15-6-4-14(5-7-15)19(26)20-10-13-27-18(25)3-1-2-17(23)24/h4-7H,1-3,8-13H2,(H,20,26)(H,23,24). The quantitative estimate of drug-likeness (QED) is 0.494. The van der Waals surface area contributed by atoms with Gasteiger partial charge in [0, 0.05) is 50.0 Å². The van der Waals surface area contributed by atoms with Crippen molar-refractivity contribution in [3.63, 3.8) is 0 Å². The number of anilines is 1. The molecule has 8 heteroatoms. The molecule has 0 aliphatic carbocycles. The largest absolute Gasteiger partial charge is 0.481 e. The minimum atomic E-state index is -0.949. The topological polar surface area (TPSA) is 113 Å². The van der Waals surface area contributed by atoms with Crippen molar-refractivity contribution in [2.24, 2.45) is 0 Å². The minimum Gasteiger partial charge on any atom is -0.481 e. The summed E-state index contributed by atoms with van der Waals surface area (Å²) in [6.45, 7) is 1.61. The Morgan fingerprint density at radius 1 is 1.07 bits per heavy atom. The number of carbonyl (C=O) groups excluding carboxylic acids is 3. The number of carboxylic acid groups (broad SMARTS) is 1. The predicted molar refractivity (Wildman–Crippen MR) is 97.7 cm³/mol. The summed E-state index contributed by atoms with van der Waals surface area (Å²) in [6.07, 6.45) is 1.31. The molecule has 1 aromatic carbocycles. The molecule has 1 aromatic rings. The number of aliphatic carboxylic acids is 1. The van der Waals surface area contributed by atoms with Gasteiger partial charge < -0.3 is 20.1 Å². The van der Waals surface area contributed by atoms with E-state index in [0.717, 1.165) is 5.69 Å². The number of carboxylic acids is 1. The molecule has 0 saturated carbocycles. The molecule has 1 aliphatic heterocycles. The van der Waals surface area contributed by atoms with Gasteiger partial charge in [-0.05, 0) is 30.7 Å². The number of ether oxygens (including phenoxy) is 1. The van der Waals surface area contributed by atoms with Gasteiger partial charge in [-0.15, -0.1) is 0 Å². The van der Waals surface area contributed by atoms with E-state index in [1.807, 2.05) is 12.1 Å². The second-order valence-electron chi connectivity index (χ2n) is 6.30. The predicted octanol–water partition coefficient (Wildman–Crippen LogP) is 1.38. The van der Waals surface area contributed by atoms with E-state index >= 15 is 0 Å². The van der Waals surface area contributed by atoms with Gasteiger partial charge in [0.2, 0.25) is 0 Å². The third-order valence-electron chi connectivity index (χ3n) is 4.24. The molecule has 27 heavy (non-hydrogen) atoms. The second kappa shape index (κ2) is 10.3. The van der Waals surface area contributed by atoms with Gasteiger partial charge in [0.05, 0.1) is 6.54 Å². The molecule has 2 N–H and O–H groups in total. The zero-order valence-electron chi connectivity index (χ0n) is 15.1. The highest BCUT2D eigenvalue weighted by molar-refractivity contribution is 5.94. The molecule has 1 amide bonds. The van der Waals surface area contributed by atoms with E-state index < -0.39 is 11.9 Å².